The van der Waals surface area contributed by atoms with Crippen molar-refractivity contribution < 1.29 is 9.47 Å². The summed E-state index contributed by atoms with van der Waals surface area (Å²) in [5.74, 6) is 0.451. The summed E-state index contributed by atoms with van der Waals surface area (Å²) in [7, 11) is 1.75. The van der Waals surface area contributed by atoms with Crippen LogP contribution in [0.3, 0.4) is 0 Å². The molecule has 1 aliphatic rings. The van der Waals surface area contributed by atoms with Gasteiger partial charge in [-0.15, -0.1) is 4.98 Å². The lowest BCUT2D eigenvalue weighted by Gasteiger charge is -2.14. The zero-order valence-electron chi connectivity index (χ0n) is 12.4. The van der Waals surface area contributed by atoms with Crippen molar-refractivity contribution in [1.82, 2.24) is 19.9 Å². The van der Waals surface area contributed by atoms with Crippen molar-refractivity contribution in [3.05, 3.63) is 0 Å². The van der Waals surface area contributed by atoms with Crippen molar-refractivity contribution in [2.45, 2.75) is 32.8 Å². The van der Waals surface area contributed by atoms with Crippen molar-refractivity contribution in [3.63, 3.8) is 0 Å². The highest BCUT2D eigenvalue weighted by atomic mass is 16.5. The molecular weight excluding hydrogens is 258 g/mol. The first kappa shape index (κ1) is 14.8. The van der Waals surface area contributed by atoms with Gasteiger partial charge in [-0.05, 0) is 39.8 Å². The standard InChI is InChI=1S/C13H23N5O2/c1-10(2)20-13-16-11(14-3)15-12(17-13)19-9-8-18-6-4-5-7-18/h10H,4-9H2,1-3H3,(H,14,15,16,17). The third-order valence-corrected chi connectivity index (χ3v) is 3.00. The van der Waals surface area contributed by atoms with E-state index in [1.807, 2.05) is 13.8 Å². The summed E-state index contributed by atoms with van der Waals surface area (Å²) in [4.78, 5) is 14.8. The predicted molar refractivity (Wildman–Crippen MR) is 76.3 cm³/mol. The van der Waals surface area contributed by atoms with Gasteiger partial charge in [-0.3, -0.25) is 4.90 Å². The van der Waals surface area contributed by atoms with E-state index in [4.69, 9.17) is 9.47 Å². The average molecular weight is 281 g/mol. The second kappa shape index (κ2) is 7.23. The molecule has 0 unspecified atom stereocenters. The average Bonchev–Trinajstić information content (AvgIpc) is 2.91. The molecule has 0 bridgehead atoms. The molecule has 0 radical (unpaired) electrons. The van der Waals surface area contributed by atoms with Crippen molar-refractivity contribution >= 4 is 5.95 Å². The third-order valence-electron chi connectivity index (χ3n) is 3.00. The van der Waals surface area contributed by atoms with E-state index in [0.29, 0.717) is 18.6 Å². The number of nitrogens with one attached hydrogen (secondary N) is 1. The Balaban J connectivity index is 1.91. The number of nitrogens with zero attached hydrogens (tertiary/aromatic N) is 4. The molecule has 0 saturated carbocycles. The minimum atomic E-state index is 0.0135. The van der Waals surface area contributed by atoms with E-state index in [9.17, 15) is 0 Å². The lowest BCUT2D eigenvalue weighted by Crippen LogP contribution is -2.25. The van der Waals surface area contributed by atoms with Crippen LogP contribution in [0.4, 0.5) is 5.95 Å². The Morgan fingerprint density at radius 2 is 1.85 bits per heavy atom. The van der Waals surface area contributed by atoms with Crippen LogP contribution in [0.2, 0.25) is 0 Å². The second-order valence-corrected chi connectivity index (χ2v) is 5.04. The number of aromatic nitrogens is 3. The van der Waals surface area contributed by atoms with E-state index in [1.165, 1.54) is 12.8 Å². The molecule has 1 aliphatic heterocycles. The van der Waals surface area contributed by atoms with Crippen LogP contribution < -0.4 is 14.8 Å². The third kappa shape index (κ3) is 4.48. The highest BCUT2D eigenvalue weighted by Gasteiger charge is 2.13. The molecule has 0 amide bonds. The van der Waals surface area contributed by atoms with Gasteiger partial charge in [0.15, 0.2) is 0 Å². The lowest BCUT2D eigenvalue weighted by molar-refractivity contribution is 0.203. The highest BCUT2D eigenvalue weighted by molar-refractivity contribution is 5.26. The first-order valence-corrected chi connectivity index (χ1v) is 7.13. The Morgan fingerprint density at radius 3 is 2.50 bits per heavy atom. The van der Waals surface area contributed by atoms with Crippen LogP contribution in [0.15, 0.2) is 0 Å². The first-order valence-electron chi connectivity index (χ1n) is 7.13. The molecule has 0 aliphatic carbocycles. The van der Waals surface area contributed by atoms with Crippen LogP contribution in [0.1, 0.15) is 26.7 Å². The Hall–Kier alpha value is -1.63. The Kier molecular flexibility index (Phi) is 5.34. The summed E-state index contributed by atoms with van der Waals surface area (Å²) in [5, 5.41) is 2.88. The zero-order chi connectivity index (χ0) is 14.4. The van der Waals surface area contributed by atoms with Crippen molar-refractivity contribution in [2.24, 2.45) is 0 Å². The van der Waals surface area contributed by atoms with Gasteiger partial charge in [-0.25, -0.2) is 0 Å². The van der Waals surface area contributed by atoms with Crippen LogP contribution in [0.25, 0.3) is 0 Å². The van der Waals surface area contributed by atoms with Crippen LogP contribution in [-0.4, -0.2) is 59.2 Å². The normalized spacial score (nSPS) is 15.6. The summed E-state index contributed by atoms with van der Waals surface area (Å²) in [6.07, 6.45) is 2.57. The minimum Gasteiger partial charge on any atom is -0.462 e. The van der Waals surface area contributed by atoms with E-state index in [-0.39, 0.29) is 12.1 Å². The predicted octanol–water partition coefficient (Wildman–Crippen LogP) is 1.18. The van der Waals surface area contributed by atoms with Crippen LogP contribution >= 0.6 is 0 Å². The maximum atomic E-state index is 5.61. The van der Waals surface area contributed by atoms with Crippen LogP contribution in [-0.2, 0) is 0 Å². The molecule has 2 rings (SSSR count). The van der Waals surface area contributed by atoms with E-state index in [2.05, 4.69) is 25.2 Å². The maximum Gasteiger partial charge on any atom is 0.324 e. The molecule has 7 heteroatoms. The molecule has 0 aromatic carbocycles. The molecular formula is C13H23N5O2. The molecule has 112 valence electrons. The van der Waals surface area contributed by atoms with Crippen molar-refractivity contribution in [2.75, 3.05) is 38.6 Å². The molecule has 20 heavy (non-hydrogen) atoms. The summed E-state index contributed by atoms with van der Waals surface area (Å²) >= 11 is 0. The number of ether oxygens (including phenoxy) is 2. The van der Waals surface area contributed by atoms with Gasteiger partial charge in [0.05, 0.1) is 6.10 Å². The second-order valence-electron chi connectivity index (χ2n) is 5.04. The number of rotatable bonds is 7. The zero-order valence-corrected chi connectivity index (χ0v) is 12.4. The first-order chi connectivity index (χ1) is 9.67. The van der Waals surface area contributed by atoms with Crippen LogP contribution in [0.5, 0.6) is 12.0 Å². The maximum absolute atomic E-state index is 5.61. The number of anilines is 1. The number of hydrogen-bond acceptors (Lipinski definition) is 7. The topological polar surface area (TPSA) is 72.4 Å². The highest BCUT2D eigenvalue weighted by Crippen LogP contribution is 2.14. The number of likely N-dealkylation sites (tertiary alicyclic amines) is 1. The van der Waals surface area contributed by atoms with Crippen LogP contribution in [0, 0.1) is 0 Å². The van der Waals surface area contributed by atoms with Gasteiger partial charge < -0.3 is 14.8 Å². The molecule has 1 N–H and O–H groups in total. The number of hydrogen-bond donors (Lipinski definition) is 1. The van der Waals surface area contributed by atoms with Gasteiger partial charge in [-0.2, -0.15) is 9.97 Å². The molecule has 7 nitrogen and oxygen atoms in total. The molecule has 2 heterocycles. The van der Waals surface area contributed by atoms with Crippen molar-refractivity contribution in [3.8, 4) is 12.0 Å². The quantitative estimate of drug-likeness (QED) is 0.804. The molecule has 0 atom stereocenters. The van der Waals surface area contributed by atoms with E-state index >= 15 is 0 Å². The van der Waals surface area contributed by atoms with Gasteiger partial charge in [0, 0.05) is 13.6 Å². The SMILES string of the molecule is CNc1nc(OCCN2CCCC2)nc(OC(C)C)n1. The largest absolute Gasteiger partial charge is 0.462 e. The lowest BCUT2D eigenvalue weighted by atomic mass is 10.4. The fourth-order valence-electron chi connectivity index (χ4n) is 2.05. The van der Waals surface area contributed by atoms with Gasteiger partial charge in [0.25, 0.3) is 0 Å². The molecule has 1 saturated heterocycles. The van der Waals surface area contributed by atoms with Gasteiger partial charge in [0.2, 0.25) is 5.95 Å². The van der Waals surface area contributed by atoms with Gasteiger partial charge in [0.1, 0.15) is 6.61 Å². The Labute approximate surface area is 119 Å². The summed E-state index contributed by atoms with van der Waals surface area (Å²) < 4.78 is 11.1. The Morgan fingerprint density at radius 1 is 1.15 bits per heavy atom. The fourth-order valence-corrected chi connectivity index (χ4v) is 2.05. The van der Waals surface area contributed by atoms with Gasteiger partial charge >= 0.3 is 12.0 Å². The summed E-state index contributed by atoms with van der Waals surface area (Å²) in [6, 6.07) is 0.592. The minimum absolute atomic E-state index is 0.0135. The van der Waals surface area contributed by atoms with E-state index < -0.39 is 0 Å². The Bertz CT molecular complexity index is 421. The molecule has 0 spiro atoms. The van der Waals surface area contributed by atoms with Gasteiger partial charge in [-0.1, -0.05) is 0 Å². The smallest absolute Gasteiger partial charge is 0.324 e. The fraction of sp³-hybridized carbons (Fsp3) is 0.769. The molecule has 1 aromatic rings. The monoisotopic (exact) mass is 281 g/mol. The molecule has 1 fully saturated rings. The van der Waals surface area contributed by atoms with E-state index in [1.54, 1.807) is 7.05 Å². The summed E-state index contributed by atoms with van der Waals surface area (Å²) in [5.41, 5.74) is 0. The van der Waals surface area contributed by atoms with Crippen molar-refractivity contribution in [1.29, 1.82) is 0 Å². The summed E-state index contributed by atoms with van der Waals surface area (Å²) in [6.45, 7) is 7.65. The van der Waals surface area contributed by atoms with E-state index in [0.717, 1.165) is 19.6 Å². The molecule has 1 aromatic heterocycles.